The summed E-state index contributed by atoms with van der Waals surface area (Å²) in [6.45, 7) is 0. The van der Waals surface area contributed by atoms with E-state index in [9.17, 15) is 41.3 Å². The monoisotopic (exact) mass is 430 g/mol. The zero-order valence-corrected chi connectivity index (χ0v) is 14.0. The molecule has 28 heavy (non-hydrogen) atoms. The number of aromatic nitrogens is 3. The highest BCUT2D eigenvalue weighted by Crippen LogP contribution is 2.37. The lowest BCUT2D eigenvalue weighted by Gasteiger charge is -2.13. The average Bonchev–Trinajstić information content (AvgIpc) is 2.93. The molecule has 2 rings (SSSR count). The lowest BCUT2D eigenvalue weighted by Crippen LogP contribution is -2.22. The highest BCUT2D eigenvalue weighted by molar-refractivity contribution is 7.99. The molecule has 152 valence electrons. The standard InChI is InChI=1S/C12H8F6N6O3S/c13-11(14,15)6-3-5(24(26)27)1-2-7(6)20-8(25)4-28-10-22-21-9(23(10)19)12(16,17)18/h1-3H,4,19H2,(H,20,25). The minimum atomic E-state index is -5.00. The molecule has 0 aliphatic heterocycles. The quantitative estimate of drug-likeness (QED) is 0.245. The van der Waals surface area contributed by atoms with Crippen LogP contribution in [0.1, 0.15) is 11.4 Å². The molecule has 0 aliphatic carbocycles. The van der Waals surface area contributed by atoms with Gasteiger partial charge in [-0.15, -0.1) is 10.2 Å². The van der Waals surface area contributed by atoms with Gasteiger partial charge in [0.15, 0.2) is 0 Å². The zero-order valence-electron chi connectivity index (χ0n) is 13.2. The molecule has 9 nitrogen and oxygen atoms in total. The predicted molar refractivity (Wildman–Crippen MR) is 82.6 cm³/mol. The van der Waals surface area contributed by atoms with Crippen LogP contribution in [0.25, 0.3) is 0 Å². The largest absolute Gasteiger partial charge is 0.453 e. The summed E-state index contributed by atoms with van der Waals surface area (Å²) < 4.78 is 76.8. The molecule has 0 saturated heterocycles. The Morgan fingerprint density at radius 3 is 2.36 bits per heavy atom. The molecule has 2 aromatic rings. The number of thioether (sulfide) groups is 1. The number of amides is 1. The van der Waals surface area contributed by atoms with Crippen molar-refractivity contribution >= 4 is 29.0 Å². The topological polar surface area (TPSA) is 129 Å². The maximum atomic E-state index is 13.0. The van der Waals surface area contributed by atoms with Gasteiger partial charge in [-0.25, -0.2) is 4.68 Å². The molecule has 0 atom stereocenters. The first-order valence-electron chi connectivity index (χ1n) is 6.86. The van der Waals surface area contributed by atoms with Crippen molar-refractivity contribution in [3.63, 3.8) is 0 Å². The third kappa shape index (κ3) is 4.81. The first kappa shape index (κ1) is 21.3. The van der Waals surface area contributed by atoms with Gasteiger partial charge in [-0.3, -0.25) is 14.9 Å². The van der Waals surface area contributed by atoms with Gasteiger partial charge >= 0.3 is 12.4 Å². The number of nitrogens with zero attached hydrogens (tertiary/aromatic N) is 4. The van der Waals surface area contributed by atoms with Crippen molar-refractivity contribution in [2.45, 2.75) is 17.5 Å². The Kier molecular flexibility index (Phi) is 5.72. The third-order valence-electron chi connectivity index (χ3n) is 3.04. The molecule has 16 heteroatoms. The van der Waals surface area contributed by atoms with E-state index < -0.39 is 56.9 Å². The van der Waals surface area contributed by atoms with Crippen LogP contribution in [0.4, 0.5) is 37.7 Å². The predicted octanol–water partition coefficient (Wildman–Crippen LogP) is 2.67. The Balaban J connectivity index is 2.14. The van der Waals surface area contributed by atoms with Crippen molar-refractivity contribution in [1.82, 2.24) is 14.9 Å². The smallest absolute Gasteiger partial charge is 0.335 e. The van der Waals surface area contributed by atoms with Crippen LogP contribution in [0.3, 0.4) is 0 Å². The van der Waals surface area contributed by atoms with Gasteiger partial charge in [-0.1, -0.05) is 11.8 Å². The number of nitro benzene ring substituents is 1. The summed E-state index contributed by atoms with van der Waals surface area (Å²) in [5, 5.41) is 18.0. The number of carbonyl (C=O) groups excluding carboxylic acids is 1. The van der Waals surface area contributed by atoms with Gasteiger partial charge in [0.25, 0.3) is 11.5 Å². The van der Waals surface area contributed by atoms with E-state index in [1.165, 1.54) is 0 Å². The second-order valence-corrected chi connectivity index (χ2v) is 5.94. The third-order valence-corrected chi connectivity index (χ3v) is 3.99. The Morgan fingerprint density at radius 2 is 1.86 bits per heavy atom. The van der Waals surface area contributed by atoms with Crippen LogP contribution < -0.4 is 11.2 Å². The molecule has 0 bridgehead atoms. The number of halogens is 6. The van der Waals surface area contributed by atoms with Crippen LogP contribution in [-0.2, 0) is 17.1 Å². The number of alkyl halides is 6. The zero-order chi connectivity index (χ0) is 21.3. The fourth-order valence-electron chi connectivity index (χ4n) is 1.87. The Labute approximate surface area is 155 Å². The van der Waals surface area contributed by atoms with Gasteiger partial charge in [0.2, 0.25) is 11.1 Å². The number of hydrogen-bond donors (Lipinski definition) is 2. The maximum absolute atomic E-state index is 13.0. The molecule has 1 aromatic heterocycles. The second kappa shape index (κ2) is 7.53. The fourth-order valence-corrected chi connectivity index (χ4v) is 2.53. The number of nitrogens with two attached hydrogens (primary N) is 1. The van der Waals surface area contributed by atoms with Crippen LogP contribution in [0.5, 0.6) is 0 Å². The van der Waals surface area contributed by atoms with Crippen molar-refractivity contribution in [3.05, 3.63) is 39.7 Å². The van der Waals surface area contributed by atoms with Crippen LogP contribution in [0.15, 0.2) is 23.4 Å². The molecule has 3 N–H and O–H groups in total. The molecule has 1 amide bonds. The van der Waals surface area contributed by atoms with E-state index in [0.717, 1.165) is 6.07 Å². The van der Waals surface area contributed by atoms with E-state index >= 15 is 0 Å². The summed E-state index contributed by atoms with van der Waals surface area (Å²) in [6.07, 6.45) is -9.88. The van der Waals surface area contributed by atoms with Gasteiger partial charge in [0.05, 0.1) is 21.9 Å². The Morgan fingerprint density at radius 1 is 1.21 bits per heavy atom. The maximum Gasteiger partial charge on any atom is 0.453 e. The number of benzene rings is 1. The summed E-state index contributed by atoms with van der Waals surface area (Å²) in [6, 6.07) is 1.69. The molecule has 1 heterocycles. The van der Waals surface area contributed by atoms with Gasteiger partial charge < -0.3 is 11.2 Å². The molecule has 0 fully saturated rings. The Hall–Kier alpha value is -3.04. The number of non-ortho nitro benzene ring substituents is 1. The Bertz CT molecular complexity index is 912. The number of rotatable bonds is 5. The number of nitrogen functional groups attached to an aromatic ring is 1. The number of anilines is 1. The summed E-state index contributed by atoms with van der Waals surface area (Å²) in [7, 11) is 0. The van der Waals surface area contributed by atoms with E-state index in [1.807, 2.05) is 5.32 Å². The van der Waals surface area contributed by atoms with Crippen molar-refractivity contribution in [1.29, 1.82) is 0 Å². The first-order valence-corrected chi connectivity index (χ1v) is 7.85. The SMILES string of the molecule is Nn1c(SCC(=O)Nc2ccc([N+](=O)[O-])cc2C(F)(F)F)nnc1C(F)(F)F. The first-order chi connectivity index (χ1) is 12.8. The van der Waals surface area contributed by atoms with Crippen LogP contribution >= 0.6 is 11.8 Å². The van der Waals surface area contributed by atoms with Crippen LogP contribution in [0, 0.1) is 10.1 Å². The van der Waals surface area contributed by atoms with Crippen LogP contribution in [0.2, 0.25) is 0 Å². The van der Waals surface area contributed by atoms with Crippen molar-refractivity contribution < 1.29 is 36.1 Å². The number of carbonyl (C=O) groups is 1. The van der Waals surface area contributed by atoms with Crippen molar-refractivity contribution in [3.8, 4) is 0 Å². The van der Waals surface area contributed by atoms with E-state index in [0.29, 0.717) is 17.8 Å². The van der Waals surface area contributed by atoms with Crippen molar-refractivity contribution in [2.24, 2.45) is 0 Å². The van der Waals surface area contributed by atoms with Gasteiger partial charge in [0.1, 0.15) is 0 Å². The number of nitro groups is 1. The van der Waals surface area contributed by atoms with Gasteiger partial charge in [-0.05, 0) is 6.07 Å². The fraction of sp³-hybridized carbons (Fsp3) is 0.250. The minimum absolute atomic E-state index is 0.0883. The summed E-state index contributed by atoms with van der Waals surface area (Å²) in [5.41, 5.74) is -3.05. The van der Waals surface area contributed by atoms with E-state index in [4.69, 9.17) is 5.84 Å². The van der Waals surface area contributed by atoms with Gasteiger partial charge in [-0.2, -0.15) is 26.3 Å². The summed E-state index contributed by atoms with van der Waals surface area (Å²) in [5.74, 6) is 1.95. The molecular formula is C12H8F6N6O3S. The lowest BCUT2D eigenvalue weighted by molar-refractivity contribution is -0.385. The van der Waals surface area contributed by atoms with Crippen LogP contribution in [-0.4, -0.2) is 31.5 Å². The van der Waals surface area contributed by atoms with E-state index in [-0.39, 0.29) is 10.7 Å². The summed E-state index contributed by atoms with van der Waals surface area (Å²) >= 11 is 0.396. The second-order valence-electron chi connectivity index (χ2n) is 5.00. The summed E-state index contributed by atoms with van der Waals surface area (Å²) in [4.78, 5) is 21.4. The molecule has 0 unspecified atom stereocenters. The minimum Gasteiger partial charge on any atom is -0.335 e. The molecule has 1 aromatic carbocycles. The van der Waals surface area contributed by atoms with E-state index in [2.05, 4.69) is 10.2 Å². The molecule has 0 spiro atoms. The van der Waals surface area contributed by atoms with E-state index in [1.54, 1.807) is 0 Å². The highest BCUT2D eigenvalue weighted by atomic mass is 32.2. The lowest BCUT2D eigenvalue weighted by atomic mass is 10.1. The molecule has 0 radical (unpaired) electrons. The van der Waals surface area contributed by atoms with Gasteiger partial charge in [0, 0.05) is 12.1 Å². The average molecular weight is 430 g/mol. The highest BCUT2D eigenvalue weighted by Gasteiger charge is 2.38. The van der Waals surface area contributed by atoms with Crippen molar-refractivity contribution in [2.75, 3.05) is 16.9 Å². The number of hydrogen-bond acceptors (Lipinski definition) is 7. The molecule has 0 aliphatic rings. The number of nitrogens with one attached hydrogen (secondary N) is 1. The molecular weight excluding hydrogens is 422 g/mol. The molecule has 0 saturated carbocycles. The normalized spacial score (nSPS) is 12.1.